The minimum atomic E-state index is -5.08. The van der Waals surface area contributed by atoms with Crippen LogP contribution in [-0.2, 0) is 14.8 Å². The number of benzene rings is 2. The molecule has 0 bridgehead atoms. The molecule has 240 valence electrons. The lowest BCUT2D eigenvalue weighted by molar-refractivity contribution is -0.192. The average molecular weight is 634 g/mol. The van der Waals surface area contributed by atoms with Crippen LogP contribution in [0.2, 0.25) is 0 Å². The molecule has 0 spiro atoms. The van der Waals surface area contributed by atoms with Crippen molar-refractivity contribution >= 4 is 33.3 Å². The van der Waals surface area contributed by atoms with Gasteiger partial charge < -0.3 is 34.6 Å². The topological polar surface area (TPSA) is 141 Å². The van der Waals surface area contributed by atoms with Crippen LogP contribution in [-0.4, -0.2) is 116 Å². The lowest BCUT2D eigenvalue weighted by Gasteiger charge is -2.31. The minimum absolute atomic E-state index is 0.0318. The number of aliphatic carboxylic acids is 1. The molecule has 0 radical (unpaired) electrons. The molecule has 1 aliphatic heterocycles. The fraction of sp³-hybridized carbons (Fsp3) is 0.481. The van der Waals surface area contributed by atoms with Crippen molar-refractivity contribution in [2.75, 3.05) is 83.8 Å². The van der Waals surface area contributed by atoms with Crippen LogP contribution in [0.4, 0.5) is 24.5 Å². The summed E-state index contributed by atoms with van der Waals surface area (Å²) < 4.78 is 71.8. The van der Waals surface area contributed by atoms with Gasteiger partial charge in [0, 0.05) is 57.4 Å². The van der Waals surface area contributed by atoms with Gasteiger partial charge in [0.1, 0.15) is 0 Å². The number of likely N-dealkylation sites (N-methyl/N-ethyl adjacent to an activating group) is 2. The molecular formula is C27H38F3N5O7S. The predicted octanol–water partition coefficient (Wildman–Crippen LogP) is 2.57. The number of nitrogens with one attached hydrogen (secondary N) is 2. The first-order chi connectivity index (χ1) is 20.1. The zero-order chi connectivity index (χ0) is 32.4. The fourth-order valence-corrected chi connectivity index (χ4v) is 5.11. The molecule has 1 heterocycles. The second kappa shape index (κ2) is 15.6. The number of amides is 1. The van der Waals surface area contributed by atoms with Gasteiger partial charge in [0.2, 0.25) is 0 Å². The molecule has 12 nitrogen and oxygen atoms in total. The van der Waals surface area contributed by atoms with Crippen LogP contribution in [0.1, 0.15) is 17.3 Å². The molecule has 1 saturated heterocycles. The molecule has 2 aromatic carbocycles. The summed E-state index contributed by atoms with van der Waals surface area (Å²) in [4.78, 5) is 28.1. The summed E-state index contributed by atoms with van der Waals surface area (Å²) >= 11 is 0. The number of halogens is 3. The van der Waals surface area contributed by atoms with E-state index in [4.69, 9.17) is 19.4 Å². The monoisotopic (exact) mass is 633 g/mol. The van der Waals surface area contributed by atoms with Gasteiger partial charge in [-0.3, -0.25) is 9.52 Å². The van der Waals surface area contributed by atoms with Crippen molar-refractivity contribution in [1.82, 2.24) is 15.1 Å². The Labute approximate surface area is 249 Å². The first-order valence-corrected chi connectivity index (χ1v) is 14.7. The largest absolute Gasteiger partial charge is 0.493 e. The van der Waals surface area contributed by atoms with Crippen molar-refractivity contribution in [2.45, 2.75) is 18.0 Å². The highest BCUT2D eigenvalue weighted by molar-refractivity contribution is 7.92. The van der Waals surface area contributed by atoms with Crippen molar-refractivity contribution in [3.8, 4) is 11.5 Å². The van der Waals surface area contributed by atoms with Crippen LogP contribution in [0, 0.1) is 0 Å². The van der Waals surface area contributed by atoms with Crippen molar-refractivity contribution < 1.29 is 45.8 Å². The third kappa shape index (κ3) is 10.2. The number of carboxylic acid groups (broad SMARTS) is 1. The van der Waals surface area contributed by atoms with E-state index in [1.54, 1.807) is 23.1 Å². The molecule has 16 heteroatoms. The molecule has 0 aliphatic carbocycles. The number of methoxy groups -OCH3 is 2. The number of piperazine rings is 1. The Morgan fingerprint density at radius 3 is 2.14 bits per heavy atom. The van der Waals surface area contributed by atoms with E-state index in [2.05, 4.69) is 14.9 Å². The molecule has 1 amide bonds. The summed E-state index contributed by atoms with van der Waals surface area (Å²) in [5.74, 6) is -2.15. The third-order valence-corrected chi connectivity index (χ3v) is 7.70. The van der Waals surface area contributed by atoms with Crippen molar-refractivity contribution in [3.63, 3.8) is 0 Å². The maximum atomic E-state index is 13.4. The summed E-state index contributed by atoms with van der Waals surface area (Å²) in [5.41, 5.74) is 1.52. The molecule has 2 aromatic rings. The SMILES string of the molecule is CCN(CCN(C)C)C(=O)c1ccc(N2CCNCC2)c(NS(=O)(=O)c2ccc(OC)c(OC)c2)c1.O=C(O)C(F)(F)F. The van der Waals surface area contributed by atoms with Gasteiger partial charge >= 0.3 is 12.1 Å². The Bertz CT molecular complexity index is 1350. The number of anilines is 2. The zero-order valence-corrected chi connectivity index (χ0v) is 25.5. The Balaban J connectivity index is 0.000000821. The highest BCUT2D eigenvalue weighted by Gasteiger charge is 2.38. The van der Waals surface area contributed by atoms with E-state index in [0.717, 1.165) is 38.4 Å². The Morgan fingerprint density at radius 1 is 1.02 bits per heavy atom. The lowest BCUT2D eigenvalue weighted by Crippen LogP contribution is -2.44. The summed E-state index contributed by atoms with van der Waals surface area (Å²) in [6.07, 6.45) is -5.08. The number of hydrogen-bond donors (Lipinski definition) is 3. The van der Waals surface area contributed by atoms with Gasteiger partial charge in [-0.2, -0.15) is 13.2 Å². The summed E-state index contributed by atoms with van der Waals surface area (Å²) in [7, 11) is 2.88. The standard InChI is InChI=1S/C25H37N5O5S.C2HF3O2/c1-6-29(16-15-28(2)3)25(31)19-7-9-22(30-13-11-26-12-14-30)21(17-19)27-36(32,33)20-8-10-23(34-4)24(18-20)35-5;3-2(4,5)1(6)7/h7-10,17-18,26-27H,6,11-16H2,1-5H3;(H,6,7). The van der Waals surface area contributed by atoms with Crippen LogP contribution in [0.25, 0.3) is 0 Å². The number of hydrogen-bond acceptors (Lipinski definition) is 9. The average Bonchev–Trinajstić information content (AvgIpc) is 2.96. The van der Waals surface area contributed by atoms with Crippen LogP contribution in [0.3, 0.4) is 0 Å². The van der Waals surface area contributed by atoms with Gasteiger partial charge in [-0.25, -0.2) is 13.2 Å². The van der Waals surface area contributed by atoms with Gasteiger partial charge in [-0.1, -0.05) is 0 Å². The number of ether oxygens (including phenoxy) is 2. The maximum absolute atomic E-state index is 13.4. The maximum Gasteiger partial charge on any atom is 0.490 e. The fourth-order valence-electron chi connectivity index (χ4n) is 4.03. The van der Waals surface area contributed by atoms with E-state index in [-0.39, 0.29) is 10.8 Å². The zero-order valence-electron chi connectivity index (χ0n) is 24.7. The van der Waals surface area contributed by atoms with E-state index in [9.17, 15) is 26.4 Å². The third-order valence-electron chi connectivity index (χ3n) is 6.34. The number of sulfonamides is 1. The number of rotatable bonds is 11. The van der Waals surface area contributed by atoms with Gasteiger partial charge in [0.25, 0.3) is 15.9 Å². The van der Waals surface area contributed by atoms with Crippen molar-refractivity contribution in [2.24, 2.45) is 0 Å². The van der Waals surface area contributed by atoms with Crippen molar-refractivity contribution in [3.05, 3.63) is 42.0 Å². The molecular weight excluding hydrogens is 595 g/mol. The highest BCUT2D eigenvalue weighted by Crippen LogP contribution is 2.33. The molecule has 3 N–H and O–H groups in total. The van der Waals surface area contributed by atoms with Crippen LogP contribution < -0.4 is 24.4 Å². The highest BCUT2D eigenvalue weighted by atomic mass is 32.2. The number of carbonyl (C=O) groups is 2. The molecule has 0 unspecified atom stereocenters. The first-order valence-electron chi connectivity index (χ1n) is 13.2. The first kappa shape index (κ1) is 35.4. The summed E-state index contributed by atoms with van der Waals surface area (Å²) in [6, 6.07) is 9.66. The van der Waals surface area contributed by atoms with Gasteiger partial charge in [-0.15, -0.1) is 0 Å². The Hall–Kier alpha value is -3.76. The number of alkyl halides is 3. The lowest BCUT2D eigenvalue weighted by atomic mass is 10.1. The Morgan fingerprint density at radius 2 is 1.63 bits per heavy atom. The molecule has 1 fully saturated rings. The molecule has 0 saturated carbocycles. The van der Waals surface area contributed by atoms with Crippen LogP contribution >= 0.6 is 0 Å². The number of carboxylic acids is 1. The van der Waals surface area contributed by atoms with Gasteiger partial charge in [-0.05, 0) is 51.4 Å². The van der Waals surface area contributed by atoms with E-state index in [0.29, 0.717) is 35.8 Å². The smallest absolute Gasteiger partial charge is 0.490 e. The molecule has 43 heavy (non-hydrogen) atoms. The molecule has 1 aliphatic rings. The van der Waals surface area contributed by atoms with Gasteiger partial charge in [0.15, 0.2) is 11.5 Å². The van der Waals surface area contributed by atoms with Crippen LogP contribution in [0.15, 0.2) is 41.3 Å². The summed E-state index contributed by atoms with van der Waals surface area (Å²) in [5, 5.41) is 10.4. The van der Waals surface area contributed by atoms with Gasteiger partial charge in [0.05, 0.1) is 30.5 Å². The normalized spacial score (nSPS) is 13.6. The second-order valence-electron chi connectivity index (χ2n) is 9.58. The van der Waals surface area contributed by atoms with Crippen LogP contribution in [0.5, 0.6) is 11.5 Å². The van der Waals surface area contributed by atoms with Crippen molar-refractivity contribution in [1.29, 1.82) is 0 Å². The second-order valence-corrected chi connectivity index (χ2v) is 11.3. The number of nitrogens with zero attached hydrogens (tertiary/aromatic N) is 3. The quantitative estimate of drug-likeness (QED) is 0.338. The predicted molar refractivity (Wildman–Crippen MR) is 156 cm³/mol. The Kier molecular flexibility index (Phi) is 12.9. The molecule has 0 aromatic heterocycles. The summed E-state index contributed by atoms with van der Waals surface area (Å²) in [6.45, 7) is 6.83. The number of carbonyl (C=O) groups excluding carboxylic acids is 1. The van der Waals surface area contributed by atoms with E-state index >= 15 is 0 Å². The van der Waals surface area contributed by atoms with E-state index < -0.39 is 22.2 Å². The van der Waals surface area contributed by atoms with E-state index in [1.165, 1.54) is 26.4 Å². The molecule has 3 rings (SSSR count). The molecule has 0 atom stereocenters. The minimum Gasteiger partial charge on any atom is -0.493 e. The van der Waals surface area contributed by atoms with E-state index in [1.807, 2.05) is 32.0 Å².